The second-order valence-corrected chi connectivity index (χ2v) is 4.26. The minimum Gasteiger partial charge on any atom is -0.479 e. The number of aromatic amines is 1. The number of carbonyl (C=O) groups excluding carboxylic acids is 1. The van der Waals surface area contributed by atoms with E-state index in [4.69, 9.17) is 9.84 Å². The van der Waals surface area contributed by atoms with Gasteiger partial charge in [-0.2, -0.15) is 5.10 Å². The number of carboxylic acid groups (broad SMARTS) is 1. The first-order valence-corrected chi connectivity index (χ1v) is 5.71. The van der Waals surface area contributed by atoms with Crippen LogP contribution in [0.4, 0.5) is 0 Å². The van der Waals surface area contributed by atoms with Crippen molar-refractivity contribution in [3.8, 4) is 0 Å². The Morgan fingerprint density at radius 3 is 2.94 bits per heavy atom. The van der Waals surface area contributed by atoms with E-state index in [1.807, 2.05) is 0 Å². The number of carboxylic acids is 1. The minimum atomic E-state index is -1.11. The van der Waals surface area contributed by atoms with Crippen molar-refractivity contribution < 1.29 is 19.4 Å². The summed E-state index contributed by atoms with van der Waals surface area (Å²) in [4.78, 5) is 22.4. The molecule has 1 saturated carbocycles. The molecule has 1 heterocycles. The normalized spacial score (nSPS) is 16.3. The lowest BCUT2D eigenvalue weighted by atomic mass is 10.2. The van der Waals surface area contributed by atoms with Gasteiger partial charge in [0.15, 0.2) is 6.10 Å². The Kier molecular flexibility index (Phi) is 3.61. The van der Waals surface area contributed by atoms with Crippen LogP contribution in [-0.4, -0.2) is 46.9 Å². The van der Waals surface area contributed by atoms with Gasteiger partial charge in [-0.1, -0.05) is 0 Å². The van der Waals surface area contributed by atoms with E-state index in [9.17, 15) is 9.59 Å². The van der Waals surface area contributed by atoms with E-state index in [0.717, 1.165) is 18.5 Å². The predicted molar refractivity (Wildman–Crippen MR) is 61.3 cm³/mol. The van der Waals surface area contributed by atoms with E-state index in [-0.39, 0.29) is 12.2 Å². The Labute approximate surface area is 104 Å². The van der Waals surface area contributed by atoms with E-state index in [1.165, 1.54) is 7.11 Å². The fourth-order valence-electron chi connectivity index (χ4n) is 1.60. The van der Waals surface area contributed by atoms with Crippen molar-refractivity contribution >= 4 is 11.9 Å². The lowest BCUT2D eigenvalue weighted by Gasteiger charge is -2.10. The zero-order chi connectivity index (χ0) is 13.1. The molecule has 3 N–H and O–H groups in total. The molecule has 0 bridgehead atoms. The van der Waals surface area contributed by atoms with Crippen LogP contribution in [0.5, 0.6) is 0 Å². The van der Waals surface area contributed by atoms with Crippen LogP contribution in [0.15, 0.2) is 6.07 Å². The minimum absolute atomic E-state index is 0.0870. The Morgan fingerprint density at radius 2 is 2.39 bits per heavy atom. The van der Waals surface area contributed by atoms with Crippen molar-refractivity contribution in [1.82, 2.24) is 15.5 Å². The van der Waals surface area contributed by atoms with Crippen molar-refractivity contribution in [2.75, 3.05) is 13.7 Å². The third-order valence-electron chi connectivity index (χ3n) is 2.86. The zero-order valence-electron chi connectivity index (χ0n) is 9.97. The fraction of sp³-hybridized carbons (Fsp3) is 0.545. The summed E-state index contributed by atoms with van der Waals surface area (Å²) >= 11 is 0. The van der Waals surface area contributed by atoms with Gasteiger partial charge in [-0.25, -0.2) is 4.79 Å². The monoisotopic (exact) mass is 253 g/mol. The summed E-state index contributed by atoms with van der Waals surface area (Å²) in [5.41, 5.74) is 1.24. The lowest BCUT2D eigenvalue weighted by molar-refractivity contribution is -0.148. The van der Waals surface area contributed by atoms with Crippen LogP contribution in [0.1, 0.15) is 34.9 Å². The number of nitrogens with zero attached hydrogens (tertiary/aromatic N) is 1. The molecular formula is C11H15N3O4. The number of hydrogen-bond donors (Lipinski definition) is 3. The number of aromatic nitrogens is 2. The van der Waals surface area contributed by atoms with E-state index in [2.05, 4.69) is 15.5 Å². The van der Waals surface area contributed by atoms with Crippen molar-refractivity contribution in [1.29, 1.82) is 0 Å². The van der Waals surface area contributed by atoms with Gasteiger partial charge in [0.1, 0.15) is 5.69 Å². The van der Waals surface area contributed by atoms with Gasteiger partial charge < -0.3 is 15.2 Å². The molecule has 1 aromatic heterocycles. The molecule has 1 aliphatic rings. The van der Waals surface area contributed by atoms with E-state index >= 15 is 0 Å². The molecule has 0 saturated heterocycles. The number of amides is 1. The van der Waals surface area contributed by atoms with Crippen LogP contribution in [0.2, 0.25) is 0 Å². The largest absolute Gasteiger partial charge is 0.479 e. The average Bonchev–Trinajstić information content (AvgIpc) is 3.07. The second kappa shape index (κ2) is 5.18. The van der Waals surface area contributed by atoms with Crippen LogP contribution in [0.3, 0.4) is 0 Å². The lowest BCUT2D eigenvalue weighted by Crippen LogP contribution is -2.37. The predicted octanol–water partition coefficient (Wildman–Crippen LogP) is 0.116. The summed E-state index contributed by atoms with van der Waals surface area (Å²) in [5, 5.41) is 17.9. The van der Waals surface area contributed by atoms with E-state index in [1.54, 1.807) is 6.07 Å². The second-order valence-electron chi connectivity index (χ2n) is 4.26. The fourth-order valence-corrected chi connectivity index (χ4v) is 1.60. The van der Waals surface area contributed by atoms with Crippen molar-refractivity contribution in [3.63, 3.8) is 0 Å². The van der Waals surface area contributed by atoms with Crippen molar-refractivity contribution in [2.45, 2.75) is 24.9 Å². The number of aliphatic carboxylic acids is 1. The number of rotatable bonds is 6. The van der Waals surface area contributed by atoms with Gasteiger partial charge in [-0.3, -0.25) is 9.89 Å². The van der Waals surface area contributed by atoms with Gasteiger partial charge in [0.25, 0.3) is 5.91 Å². The van der Waals surface area contributed by atoms with Crippen LogP contribution in [-0.2, 0) is 9.53 Å². The van der Waals surface area contributed by atoms with Crippen LogP contribution in [0.25, 0.3) is 0 Å². The molecule has 1 amide bonds. The Morgan fingerprint density at radius 1 is 1.67 bits per heavy atom. The Bertz CT molecular complexity index is 453. The molecule has 0 spiro atoms. The van der Waals surface area contributed by atoms with E-state index < -0.39 is 18.0 Å². The first-order chi connectivity index (χ1) is 8.61. The molecule has 7 nitrogen and oxygen atoms in total. The van der Waals surface area contributed by atoms with Gasteiger partial charge in [0.05, 0.1) is 6.54 Å². The van der Waals surface area contributed by atoms with Crippen LogP contribution < -0.4 is 5.32 Å². The number of H-pyrrole nitrogens is 1. The molecule has 1 aromatic rings. The number of hydrogen-bond acceptors (Lipinski definition) is 4. The van der Waals surface area contributed by atoms with Gasteiger partial charge in [0.2, 0.25) is 0 Å². The van der Waals surface area contributed by atoms with Gasteiger partial charge in [0, 0.05) is 18.7 Å². The van der Waals surface area contributed by atoms with Gasteiger partial charge in [-0.05, 0) is 18.9 Å². The maximum atomic E-state index is 11.7. The van der Waals surface area contributed by atoms with Gasteiger partial charge in [-0.15, -0.1) is 0 Å². The maximum Gasteiger partial charge on any atom is 0.334 e. The molecule has 0 aliphatic heterocycles. The Hall–Kier alpha value is -1.89. The highest BCUT2D eigenvalue weighted by Crippen LogP contribution is 2.38. The van der Waals surface area contributed by atoms with Crippen LogP contribution in [0, 0.1) is 0 Å². The summed E-state index contributed by atoms with van der Waals surface area (Å²) in [6.07, 6.45) is 1.19. The smallest absolute Gasteiger partial charge is 0.334 e. The third-order valence-corrected chi connectivity index (χ3v) is 2.86. The topological polar surface area (TPSA) is 104 Å². The number of ether oxygens (including phenoxy) is 1. The Balaban J connectivity index is 1.88. The first kappa shape index (κ1) is 12.6. The molecule has 1 fully saturated rings. The highest BCUT2D eigenvalue weighted by molar-refractivity contribution is 5.92. The molecule has 1 atom stereocenters. The number of nitrogens with one attached hydrogen (secondary N) is 2. The number of methoxy groups -OCH3 is 1. The molecule has 1 unspecified atom stereocenters. The number of carbonyl (C=O) groups is 2. The molecule has 0 radical (unpaired) electrons. The standard InChI is InChI=1S/C11H15N3O4/c1-18-9(11(16)17)5-12-10(15)8-4-7(13-14-8)6-2-3-6/h4,6,9H,2-3,5H2,1H3,(H,12,15)(H,13,14)(H,16,17). The molecular weight excluding hydrogens is 238 g/mol. The molecule has 98 valence electrons. The third kappa shape index (κ3) is 2.86. The quantitative estimate of drug-likeness (QED) is 0.667. The first-order valence-electron chi connectivity index (χ1n) is 5.71. The van der Waals surface area contributed by atoms with Crippen LogP contribution >= 0.6 is 0 Å². The molecule has 2 rings (SSSR count). The summed E-state index contributed by atoms with van der Waals surface area (Å²) in [6.45, 7) is -0.0870. The average molecular weight is 253 g/mol. The van der Waals surface area contributed by atoms with Crippen molar-refractivity contribution in [3.05, 3.63) is 17.5 Å². The summed E-state index contributed by atoms with van der Waals surface area (Å²) in [6, 6.07) is 1.70. The highest BCUT2D eigenvalue weighted by atomic mass is 16.5. The van der Waals surface area contributed by atoms with Crippen molar-refractivity contribution in [2.24, 2.45) is 0 Å². The summed E-state index contributed by atoms with van der Waals surface area (Å²) < 4.78 is 4.71. The summed E-state index contributed by atoms with van der Waals surface area (Å²) in [5.74, 6) is -1.02. The molecule has 7 heteroatoms. The van der Waals surface area contributed by atoms with Gasteiger partial charge >= 0.3 is 5.97 Å². The molecule has 18 heavy (non-hydrogen) atoms. The summed E-state index contributed by atoms with van der Waals surface area (Å²) in [7, 11) is 1.28. The molecule has 1 aliphatic carbocycles. The zero-order valence-corrected chi connectivity index (χ0v) is 9.97. The maximum absolute atomic E-state index is 11.7. The highest BCUT2D eigenvalue weighted by Gasteiger charge is 2.26. The SMILES string of the molecule is COC(CNC(=O)c1cc(C2CC2)[nH]n1)C(=O)O. The van der Waals surface area contributed by atoms with E-state index in [0.29, 0.717) is 5.92 Å². The molecule has 0 aromatic carbocycles.